The molecule has 6 nitrogen and oxygen atoms in total. The van der Waals surface area contributed by atoms with Crippen molar-refractivity contribution in [3.05, 3.63) is 57.1 Å². The summed E-state index contributed by atoms with van der Waals surface area (Å²) in [5.74, 6) is -0.759. The van der Waals surface area contributed by atoms with Crippen LogP contribution >= 0.6 is 23.1 Å². The highest BCUT2D eigenvalue weighted by atomic mass is 32.2. The van der Waals surface area contributed by atoms with E-state index in [0.717, 1.165) is 28.0 Å². The molecule has 0 aliphatic carbocycles. The van der Waals surface area contributed by atoms with Gasteiger partial charge in [0.2, 0.25) is 5.91 Å². The highest BCUT2D eigenvalue weighted by Crippen LogP contribution is 2.33. The second-order valence-corrected chi connectivity index (χ2v) is 8.38. The van der Waals surface area contributed by atoms with Crippen LogP contribution in [0.25, 0.3) is 6.08 Å². The van der Waals surface area contributed by atoms with Gasteiger partial charge in [-0.05, 0) is 47.8 Å². The number of nitrogens with zero attached hydrogens (tertiary/aromatic N) is 2. The van der Waals surface area contributed by atoms with Crippen LogP contribution in [-0.4, -0.2) is 40.8 Å². The van der Waals surface area contributed by atoms with Crippen molar-refractivity contribution in [3.8, 4) is 0 Å². The van der Waals surface area contributed by atoms with Crippen LogP contribution in [-0.2, 0) is 9.59 Å². The van der Waals surface area contributed by atoms with E-state index in [1.54, 1.807) is 35.2 Å². The third-order valence-electron chi connectivity index (χ3n) is 4.55. The lowest BCUT2D eigenvalue weighted by Crippen LogP contribution is -2.33. The predicted octanol–water partition coefficient (Wildman–Crippen LogP) is 3.79. The number of amides is 3. The third-order valence-corrected chi connectivity index (χ3v) is 6.27. The molecule has 2 saturated heterocycles. The van der Waals surface area contributed by atoms with Crippen LogP contribution in [0.4, 0.5) is 10.5 Å². The Bertz CT molecular complexity index is 997. The van der Waals surface area contributed by atoms with E-state index in [1.807, 2.05) is 17.5 Å². The van der Waals surface area contributed by atoms with E-state index in [1.165, 1.54) is 11.3 Å². The molecule has 8 heteroatoms. The minimum Gasteiger partial charge on any atom is -0.312 e. The summed E-state index contributed by atoms with van der Waals surface area (Å²) < 4.78 is 0. The first-order valence-corrected chi connectivity index (χ1v) is 10.4. The minimum atomic E-state index is -0.456. The van der Waals surface area contributed by atoms with E-state index in [0.29, 0.717) is 29.1 Å². The molecule has 1 aromatic carbocycles. The number of hydrogen-bond donors (Lipinski definition) is 0. The Morgan fingerprint density at radius 1 is 1.14 bits per heavy atom. The van der Waals surface area contributed by atoms with Crippen molar-refractivity contribution in [1.82, 2.24) is 4.90 Å². The molecule has 0 unspecified atom stereocenters. The van der Waals surface area contributed by atoms with Gasteiger partial charge in [-0.2, -0.15) is 0 Å². The molecule has 2 aromatic rings. The SMILES string of the molecule is O=C(CN1C(=O)S/C(=C\c2cccs2)C1=O)c1cccc(N2CCCC2=O)c1. The summed E-state index contributed by atoms with van der Waals surface area (Å²) in [6.45, 7) is 0.316. The molecule has 0 radical (unpaired) electrons. The summed E-state index contributed by atoms with van der Waals surface area (Å²) in [6, 6.07) is 10.5. The molecule has 0 bridgehead atoms. The molecule has 142 valence electrons. The number of ketones is 1. The zero-order valence-corrected chi connectivity index (χ0v) is 16.4. The van der Waals surface area contributed by atoms with Crippen LogP contribution in [0.15, 0.2) is 46.7 Å². The summed E-state index contributed by atoms with van der Waals surface area (Å²) in [5.41, 5.74) is 1.04. The molecule has 1 aromatic heterocycles. The Morgan fingerprint density at radius 3 is 2.71 bits per heavy atom. The molecule has 2 aliphatic rings. The summed E-state index contributed by atoms with van der Waals surface area (Å²) in [6.07, 6.45) is 2.97. The minimum absolute atomic E-state index is 0.0363. The van der Waals surface area contributed by atoms with Gasteiger partial charge in [-0.1, -0.05) is 18.2 Å². The molecule has 3 heterocycles. The smallest absolute Gasteiger partial charge is 0.293 e. The van der Waals surface area contributed by atoms with Crippen LogP contribution in [0.3, 0.4) is 0 Å². The van der Waals surface area contributed by atoms with Gasteiger partial charge in [0.05, 0.1) is 11.4 Å². The predicted molar refractivity (Wildman–Crippen MR) is 109 cm³/mol. The highest BCUT2D eigenvalue weighted by molar-refractivity contribution is 8.18. The summed E-state index contributed by atoms with van der Waals surface area (Å²) in [7, 11) is 0. The first kappa shape index (κ1) is 18.6. The van der Waals surface area contributed by atoms with Gasteiger partial charge in [-0.15, -0.1) is 11.3 Å². The van der Waals surface area contributed by atoms with Crippen molar-refractivity contribution in [2.45, 2.75) is 12.8 Å². The number of carbonyl (C=O) groups excluding carboxylic acids is 4. The van der Waals surface area contributed by atoms with Crippen molar-refractivity contribution in [1.29, 1.82) is 0 Å². The lowest BCUT2D eigenvalue weighted by molar-refractivity contribution is -0.122. The van der Waals surface area contributed by atoms with E-state index < -0.39 is 11.1 Å². The van der Waals surface area contributed by atoms with Gasteiger partial charge in [-0.25, -0.2) is 0 Å². The summed E-state index contributed by atoms with van der Waals surface area (Å²) in [4.78, 5) is 53.2. The Hall–Kier alpha value is -2.71. The number of rotatable bonds is 5. The molecular weight excluding hydrogens is 396 g/mol. The maximum Gasteiger partial charge on any atom is 0.293 e. The zero-order chi connectivity index (χ0) is 19.7. The van der Waals surface area contributed by atoms with E-state index in [2.05, 4.69) is 0 Å². The Balaban J connectivity index is 1.50. The second kappa shape index (κ2) is 7.73. The van der Waals surface area contributed by atoms with Crippen LogP contribution in [0.2, 0.25) is 0 Å². The average molecular weight is 412 g/mol. The van der Waals surface area contributed by atoms with Gasteiger partial charge in [0, 0.05) is 29.1 Å². The fourth-order valence-corrected chi connectivity index (χ4v) is 4.70. The van der Waals surface area contributed by atoms with Crippen molar-refractivity contribution in [2.75, 3.05) is 18.0 Å². The molecular formula is C20H16N2O4S2. The zero-order valence-electron chi connectivity index (χ0n) is 14.8. The Kier molecular flexibility index (Phi) is 5.15. The van der Waals surface area contributed by atoms with E-state index in [-0.39, 0.29) is 18.2 Å². The van der Waals surface area contributed by atoms with E-state index >= 15 is 0 Å². The standard InChI is InChI=1S/C20H16N2O4S2/c23-16(13-4-1-5-14(10-13)21-8-2-7-18(21)24)12-22-19(25)17(28-20(22)26)11-15-6-3-9-27-15/h1,3-6,9-11H,2,7-8,12H2/b17-11-. The van der Waals surface area contributed by atoms with Crippen LogP contribution in [0, 0.1) is 0 Å². The Morgan fingerprint density at radius 2 is 2.00 bits per heavy atom. The first-order chi connectivity index (χ1) is 13.5. The summed E-state index contributed by atoms with van der Waals surface area (Å²) in [5, 5.41) is 1.43. The number of hydrogen-bond acceptors (Lipinski definition) is 6. The number of Topliss-reactive ketones (excluding diaryl/α,β-unsaturated/α-hetero) is 1. The first-order valence-electron chi connectivity index (χ1n) is 8.75. The van der Waals surface area contributed by atoms with Crippen LogP contribution < -0.4 is 4.90 Å². The van der Waals surface area contributed by atoms with Gasteiger partial charge in [0.25, 0.3) is 11.1 Å². The fourth-order valence-electron chi connectivity index (χ4n) is 3.14. The van der Waals surface area contributed by atoms with Gasteiger partial charge < -0.3 is 4.90 Å². The van der Waals surface area contributed by atoms with Crippen LogP contribution in [0.5, 0.6) is 0 Å². The van der Waals surface area contributed by atoms with Gasteiger partial charge in [0.15, 0.2) is 5.78 Å². The van der Waals surface area contributed by atoms with E-state index in [4.69, 9.17) is 0 Å². The normalized spacial score (nSPS) is 18.6. The maximum absolute atomic E-state index is 12.7. The third kappa shape index (κ3) is 3.65. The van der Waals surface area contributed by atoms with Crippen LogP contribution in [0.1, 0.15) is 28.1 Å². The summed E-state index contributed by atoms with van der Waals surface area (Å²) >= 11 is 2.31. The number of benzene rings is 1. The Labute approximate surface area is 169 Å². The quantitative estimate of drug-likeness (QED) is 0.552. The molecule has 0 saturated carbocycles. The fraction of sp³-hybridized carbons (Fsp3) is 0.200. The highest BCUT2D eigenvalue weighted by Gasteiger charge is 2.36. The lowest BCUT2D eigenvalue weighted by atomic mass is 10.1. The number of imide groups is 1. The van der Waals surface area contributed by atoms with E-state index in [9.17, 15) is 19.2 Å². The molecule has 28 heavy (non-hydrogen) atoms. The number of carbonyl (C=O) groups is 4. The largest absolute Gasteiger partial charge is 0.312 e. The molecule has 0 atom stereocenters. The molecule has 2 fully saturated rings. The second-order valence-electron chi connectivity index (χ2n) is 6.41. The van der Waals surface area contributed by atoms with Crippen molar-refractivity contribution >= 4 is 57.7 Å². The topological polar surface area (TPSA) is 74.8 Å². The maximum atomic E-state index is 12.7. The monoisotopic (exact) mass is 412 g/mol. The van der Waals surface area contributed by atoms with Gasteiger partial charge >= 0.3 is 0 Å². The number of thiophene rings is 1. The number of anilines is 1. The van der Waals surface area contributed by atoms with Crippen molar-refractivity contribution in [3.63, 3.8) is 0 Å². The van der Waals surface area contributed by atoms with Crippen molar-refractivity contribution < 1.29 is 19.2 Å². The lowest BCUT2D eigenvalue weighted by Gasteiger charge is -2.17. The van der Waals surface area contributed by atoms with Gasteiger partial charge in [-0.3, -0.25) is 24.1 Å². The molecule has 0 N–H and O–H groups in total. The molecule has 0 spiro atoms. The molecule has 3 amide bonds. The molecule has 2 aliphatic heterocycles. The van der Waals surface area contributed by atoms with Gasteiger partial charge in [0.1, 0.15) is 0 Å². The molecule has 4 rings (SSSR count). The number of thioether (sulfide) groups is 1. The average Bonchev–Trinajstić information content (AvgIpc) is 3.41. The van der Waals surface area contributed by atoms with Crippen molar-refractivity contribution in [2.24, 2.45) is 0 Å².